The van der Waals surface area contributed by atoms with Crippen molar-refractivity contribution in [3.05, 3.63) is 0 Å². The molecular formula is C15H29N3O. The van der Waals surface area contributed by atoms with Crippen LogP contribution < -0.4 is 10.6 Å². The summed E-state index contributed by atoms with van der Waals surface area (Å²) in [4.78, 5) is 11.3. The van der Waals surface area contributed by atoms with Gasteiger partial charge >= 0.3 is 0 Å². The lowest BCUT2D eigenvalue weighted by Crippen LogP contribution is -2.34. The predicted molar refractivity (Wildman–Crippen MR) is 78.7 cm³/mol. The van der Waals surface area contributed by atoms with Crippen LogP contribution in [-0.4, -0.2) is 25.5 Å². The molecule has 0 saturated heterocycles. The van der Waals surface area contributed by atoms with E-state index >= 15 is 0 Å². The molecule has 0 aliphatic rings. The minimum Gasteiger partial charge on any atom is -0.354 e. The summed E-state index contributed by atoms with van der Waals surface area (Å²) in [6.45, 7) is 3.96. The fourth-order valence-corrected chi connectivity index (χ4v) is 1.91. The quantitative estimate of drug-likeness (QED) is 0.504. The maximum atomic E-state index is 11.3. The highest BCUT2D eigenvalue weighted by atomic mass is 16.1. The Labute approximate surface area is 118 Å². The molecule has 0 aromatic heterocycles. The zero-order chi connectivity index (χ0) is 14.2. The average Bonchev–Trinajstić information content (AvgIpc) is 2.41. The van der Waals surface area contributed by atoms with E-state index in [4.69, 9.17) is 5.26 Å². The Morgan fingerprint density at radius 3 is 2.26 bits per heavy atom. The molecule has 2 N–H and O–H groups in total. The molecule has 0 radical (unpaired) electrons. The molecule has 0 spiro atoms. The number of carbonyl (C=O) groups is 1. The Balaban J connectivity index is 3.10. The standard InChI is InChI=1S/C15H29N3O/c1-2-3-4-5-6-7-8-9-12-17-14-15(19)18-13-10-11-16/h17H,2-10,12-14H2,1H3,(H,18,19). The number of hydrogen-bond acceptors (Lipinski definition) is 3. The Bertz CT molecular complexity index is 248. The second kappa shape index (κ2) is 15.0. The zero-order valence-electron chi connectivity index (χ0n) is 12.3. The molecule has 0 aromatic carbocycles. The number of carbonyl (C=O) groups excluding carboxylic acids is 1. The van der Waals surface area contributed by atoms with E-state index < -0.39 is 0 Å². The Kier molecular flexibility index (Phi) is 14.1. The molecule has 0 saturated carbocycles. The summed E-state index contributed by atoms with van der Waals surface area (Å²) in [6, 6.07) is 2.00. The largest absolute Gasteiger partial charge is 0.354 e. The molecule has 0 rings (SSSR count). The van der Waals surface area contributed by atoms with Gasteiger partial charge in [-0.1, -0.05) is 51.9 Å². The average molecular weight is 267 g/mol. The van der Waals surface area contributed by atoms with Crippen LogP contribution in [0.25, 0.3) is 0 Å². The van der Waals surface area contributed by atoms with Crippen LogP contribution in [0.1, 0.15) is 64.7 Å². The van der Waals surface area contributed by atoms with E-state index in [1.165, 1.54) is 44.9 Å². The van der Waals surface area contributed by atoms with Crippen LogP contribution in [0.4, 0.5) is 0 Å². The lowest BCUT2D eigenvalue weighted by molar-refractivity contribution is -0.120. The number of unbranched alkanes of at least 4 members (excludes halogenated alkanes) is 7. The van der Waals surface area contributed by atoms with Crippen molar-refractivity contribution in [2.75, 3.05) is 19.6 Å². The highest BCUT2D eigenvalue weighted by Crippen LogP contribution is 2.07. The Hall–Kier alpha value is -1.08. The van der Waals surface area contributed by atoms with E-state index in [0.717, 1.165) is 13.0 Å². The van der Waals surface area contributed by atoms with Crippen LogP contribution >= 0.6 is 0 Å². The molecule has 0 aliphatic heterocycles. The normalized spacial score (nSPS) is 10.1. The number of nitrogens with one attached hydrogen (secondary N) is 2. The fourth-order valence-electron chi connectivity index (χ4n) is 1.91. The number of rotatable bonds is 13. The molecule has 19 heavy (non-hydrogen) atoms. The van der Waals surface area contributed by atoms with Crippen molar-refractivity contribution in [3.63, 3.8) is 0 Å². The maximum absolute atomic E-state index is 11.3. The van der Waals surface area contributed by atoms with E-state index in [0.29, 0.717) is 19.5 Å². The summed E-state index contributed by atoms with van der Waals surface area (Å²) < 4.78 is 0. The number of nitriles is 1. The topological polar surface area (TPSA) is 64.9 Å². The highest BCUT2D eigenvalue weighted by Gasteiger charge is 1.98. The summed E-state index contributed by atoms with van der Waals surface area (Å²) in [7, 11) is 0. The Morgan fingerprint density at radius 1 is 1.00 bits per heavy atom. The molecule has 4 heteroatoms. The molecule has 0 aromatic rings. The molecule has 0 fully saturated rings. The molecule has 0 unspecified atom stereocenters. The van der Waals surface area contributed by atoms with Crippen molar-refractivity contribution in [2.24, 2.45) is 0 Å². The molecule has 0 heterocycles. The molecular weight excluding hydrogens is 238 g/mol. The van der Waals surface area contributed by atoms with Gasteiger partial charge in [0.25, 0.3) is 0 Å². The van der Waals surface area contributed by atoms with E-state index in [1.807, 2.05) is 6.07 Å². The van der Waals surface area contributed by atoms with Crippen molar-refractivity contribution >= 4 is 5.91 Å². The summed E-state index contributed by atoms with van der Waals surface area (Å²) >= 11 is 0. The van der Waals surface area contributed by atoms with Crippen LogP contribution in [0.5, 0.6) is 0 Å². The van der Waals surface area contributed by atoms with Gasteiger partial charge in [-0.3, -0.25) is 4.79 Å². The lowest BCUT2D eigenvalue weighted by Gasteiger charge is -2.05. The van der Waals surface area contributed by atoms with Gasteiger partial charge in [0.2, 0.25) is 5.91 Å². The summed E-state index contributed by atoms with van der Waals surface area (Å²) in [5, 5.41) is 14.1. The number of amides is 1. The van der Waals surface area contributed by atoms with Gasteiger partial charge in [-0.2, -0.15) is 5.26 Å². The van der Waals surface area contributed by atoms with E-state index in [2.05, 4.69) is 17.6 Å². The van der Waals surface area contributed by atoms with Gasteiger partial charge in [-0.25, -0.2) is 0 Å². The lowest BCUT2D eigenvalue weighted by atomic mass is 10.1. The SMILES string of the molecule is CCCCCCCCCCNCC(=O)NCCC#N. The summed E-state index contributed by atoms with van der Waals surface area (Å²) in [6.07, 6.45) is 10.8. The van der Waals surface area contributed by atoms with Gasteiger partial charge in [0.1, 0.15) is 0 Å². The smallest absolute Gasteiger partial charge is 0.233 e. The molecule has 4 nitrogen and oxygen atoms in total. The van der Waals surface area contributed by atoms with Crippen molar-refractivity contribution in [2.45, 2.75) is 64.7 Å². The molecule has 1 amide bonds. The van der Waals surface area contributed by atoms with Crippen molar-refractivity contribution in [1.29, 1.82) is 5.26 Å². The van der Waals surface area contributed by atoms with E-state index in [-0.39, 0.29) is 5.91 Å². The predicted octanol–water partition coefficient (Wildman–Crippen LogP) is 2.75. The van der Waals surface area contributed by atoms with Crippen molar-refractivity contribution in [1.82, 2.24) is 10.6 Å². The van der Waals surface area contributed by atoms with E-state index in [1.54, 1.807) is 0 Å². The second-order valence-corrected chi connectivity index (χ2v) is 4.91. The highest BCUT2D eigenvalue weighted by molar-refractivity contribution is 5.77. The van der Waals surface area contributed by atoms with Gasteiger partial charge in [0.15, 0.2) is 0 Å². The van der Waals surface area contributed by atoms with Crippen molar-refractivity contribution in [3.8, 4) is 6.07 Å². The van der Waals surface area contributed by atoms with Crippen LogP contribution in [-0.2, 0) is 4.79 Å². The van der Waals surface area contributed by atoms with Crippen molar-refractivity contribution < 1.29 is 4.79 Å². The van der Waals surface area contributed by atoms with Crippen LogP contribution in [0.2, 0.25) is 0 Å². The first-order valence-electron chi connectivity index (χ1n) is 7.65. The van der Waals surface area contributed by atoms with Crippen LogP contribution in [0, 0.1) is 11.3 Å². The van der Waals surface area contributed by atoms with E-state index in [9.17, 15) is 4.79 Å². The van der Waals surface area contributed by atoms with Gasteiger partial charge in [-0.15, -0.1) is 0 Å². The summed E-state index contributed by atoms with van der Waals surface area (Å²) in [5.41, 5.74) is 0. The van der Waals surface area contributed by atoms with Gasteiger partial charge < -0.3 is 10.6 Å². The monoisotopic (exact) mass is 267 g/mol. The first kappa shape index (κ1) is 17.9. The third kappa shape index (κ3) is 14.9. The number of nitrogens with zero attached hydrogens (tertiary/aromatic N) is 1. The molecule has 0 aliphatic carbocycles. The molecule has 0 bridgehead atoms. The fraction of sp³-hybridized carbons (Fsp3) is 0.867. The third-order valence-electron chi connectivity index (χ3n) is 3.05. The van der Waals surface area contributed by atoms with Gasteiger partial charge in [-0.05, 0) is 13.0 Å². The minimum absolute atomic E-state index is 0.0187. The van der Waals surface area contributed by atoms with Crippen LogP contribution in [0.3, 0.4) is 0 Å². The second-order valence-electron chi connectivity index (χ2n) is 4.91. The Morgan fingerprint density at radius 2 is 1.63 bits per heavy atom. The van der Waals surface area contributed by atoms with Gasteiger partial charge in [0.05, 0.1) is 19.0 Å². The first-order valence-corrected chi connectivity index (χ1v) is 7.65. The zero-order valence-corrected chi connectivity index (χ0v) is 12.3. The first-order chi connectivity index (χ1) is 9.31. The molecule has 0 atom stereocenters. The third-order valence-corrected chi connectivity index (χ3v) is 3.05. The maximum Gasteiger partial charge on any atom is 0.233 e. The van der Waals surface area contributed by atoms with Crippen LogP contribution in [0.15, 0.2) is 0 Å². The minimum atomic E-state index is -0.0187. The molecule has 110 valence electrons. The number of hydrogen-bond donors (Lipinski definition) is 2. The summed E-state index contributed by atoms with van der Waals surface area (Å²) in [5.74, 6) is -0.0187. The van der Waals surface area contributed by atoms with Gasteiger partial charge in [0, 0.05) is 6.54 Å².